The number of likely N-dealkylation sites (N-methyl/N-ethyl adjacent to an activating group) is 1. The first kappa shape index (κ1) is 25.3. The van der Waals surface area contributed by atoms with Crippen LogP contribution in [0.15, 0.2) is 79.0 Å². The van der Waals surface area contributed by atoms with Crippen LogP contribution in [0.1, 0.15) is 17.3 Å². The Morgan fingerprint density at radius 3 is 2.39 bits per heavy atom. The molecular weight excluding hydrogens is 499 g/mol. The van der Waals surface area contributed by atoms with E-state index < -0.39 is 0 Å². The molecule has 0 saturated carbocycles. The number of hydrogen-bond acceptors (Lipinski definition) is 4. The lowest BCUT2D eigenvalue weighted by Crippen LogP contribution is -2.38. The highest BCUT2D eigenvalue weighted by atomic mass is 35.5. The number of benzene rings is 3. The number of rotatable bonds is 8. The van der Waals surface area contributed by atoms with Crippen molar-refractivity contribution in [3.8, 4) is 22.7 Å². The number of anilines is 1. The summed E-state index contributed by atoms with van der Waals surface area (Å²) in [7, 11) is 1.61. The summed E-state index contributed by atoms with van der Waals surface area (Å²) in [5, 5.41) is 3.52. The van der Waals surface area contributed by atoms with Crippen LogP contribution in [0, 0.1) is 0 Å². The van der Waals surface area contributed by atoms with E-state index in [4.69, 9.17) is 27.9 Å². The molecule has 9 heteroatoms. The summed E-state index contributed by atoms with van der Waals surface area (Å²) in [4.78, 5) is 32.1. The molecule has 1 aromatic heterocycles. The number of methoxy groups -OCH3 is 1. The van der Waals surface area contributed by atoms with Crippen molar-refractivity contribution in [2.75, 3.05) is 25.5 Å². The molecule has 1 heterocycles. The van der Waals surface area contributed by atoms with E-state index >= 15 is 0 Å². The predicted molar refractivity (Wildman–Crippen MR) is 142 cm³/mol. The minimum Gasteiger partial charge on any atom is -0.497 e. The van der Waals surface area contributed by atoms with Crippen LogP contribution in [-0.2, 0) is 4.79 Å². The van der Waals surface area contributed by atoms with Crippen molar-refractivity contribution in [2.24, 2.45) is 0 Å². The first-order valence-electron chi connectivity index (χ1n) is 11.2. The van der Waals surface area contributed by atoms with Crippen LogP contribution in [0.5, 0.6) is 5.75 Å². The molecule has 0 spiro atoms. The van der Waals surface area contributed by atoms with E-state index in [2.05, 4.69) is 10.3 Å². The zero-order valence-electron chi connectivity index (χ0n) is 19.7. The molecule has 0 aliphatic rings. The fourth-order valence-electron chi connectivity index (χ4n) is 3.65. The standard InChI is InChI=1S/C27H24Cl2N4O3/c1-3-32(26(35)22-14-11-19(28)15-23(22)29)17-25(34)31-27-30-24(18-9-12-21(36-2)13-10-18)16-33(27)20-7-5-4-6-8-20/h4-16H,3,17H2,1-2H3,(H,30,31,34). The molecule has 184 valence electrons. The lowest BCUT2D eigenvalue weighted by atomic mass is 10.1. The lowest BCUT2D eigenvalue weighted by molar-refractivity contribution is -0.116. The molecular formula is C27H24Cl2N4O3. The highest BCUT2D eigenvalue weighted by Crippen LogP contribution is 2.26. The van der Waals surface area contributed by atoms with Gasteiger partial charge in [-0.2, -0.15) is 0 Å². The van der Waals surface area contributed by atoms with Crippen molar-refractivity contribution in [1.82, 2.24) is 14.5 Å². The van der Waals surface area contributed by atoms with Crippen LogP contribution in [0.4, 0.5) is 5.95 Å². The third-order valence-corrected chi connectivity index (χ3v) is 6.09. The predicted octanol–water partition coefficient (Wildman–Crippen LogP) is 5.96. The van der Waals surface area contributed by atoms with Crippen molar-refractivity contribution >= 4 is 41.0 Å². The normalized spacial score (nSPS) is 10.7. The second-order valence-electron chi connectivity index (χ2n) is 7.88. The Labute approximate surface area is 219 Å². The fraction of sp³-hybridized carbons (Fsp3) is 0.148. The van der Waals surface area contributed by atoms with Crippen molar-refractivity contribution in [3.05, 3.63) is 94.6 Å². The molecule has 0 radical (unpaired) electrons. The lowest BCUT2D eigenvalue weighted by Gasteiger charge is -2.21. The Hall–Kier alpha value is -3.81. The molecule has 3 aromatic carbocycles. The molecule has 36 heavy (non-hydrogen) atoms. The molecule has 1 N–H and O–H groups in total. The van der Waals surface area contributed by atoms with Gasteiger partial charge in [0.1, 0.15) is 12.3 Å². The Balaban J connectivity index is 1.58. The maximum atomic E-state index is 13.0. The van der Waals surface area contributed by atoms with Crippen molar-refractivity contribution in [3.63, 3.8) is 0 Å². The average molecular weight is 523 g/mol. The van der Waals surface area contributed by atoms with Gasteiger partial charge in [-0.25, -0.2) is 4.98 Å². The van der Waals surface area contributed by atoms with Crippen LogP contribution in [0.25, 0.3) is 16.9 Å². The third-order valence-electron chi connectivity index (χ3n) is 5.54. The van der Waals surface area contributed by atoms with E-state index in [-0.39, 0.29) is 28.9 Å². The van der Waals surface area contributed by atoms with Gasteiger partial charge in [0, 0.05) is 29.0 Å². The summed E-state index contributed by atoms with van der Waals surface area (Å²) in [5.74, 6) is 0.323. The number of halogens is 2. The quantitative estimate of drug-likeness (QED) is 0.310. The van der Waals surface area contributed by atoms with Crippen LogP contribution < -0.4 is 10.1 Å². The number of aromatic nitrogens is 2. The number of ether oxygens (including phenoxy) is 1. The maximum Gasteiger partial charge on any atom is 0.255 e. The summed E-state index contributed by atoms with van der Waals surface area (Å²) in [5.41, 5.74) is 2.65. The Morgan fingerprint density at radius 1 is 1.03 bits per heavy atom. The van der Waals surface area contributed by atoms with Crippen molar-refractivity contribution < 1.29 is 14.3 Å². The maximum absolute atomic E-state index is 13.0. The van der Waals surface area contributed by atoms with Gasteiger partial charge < -0.3 is 9.64 Å². The Morgan fingerprint density at radius 2 is 1.75 bits per heavy atom. The number of hydrogen-bond donors (Lipinski definition) is 1. The summed E-state index contributed by atoms with van der Waals surface area (Å²) in [6.07, 6.45) is 1.85. The minimum absolute atomic E-state index is 0.173. The van der Waals surface area contributed by atoms with Crippen LogP contribution in [0.3, 0.4) is 0 Å². The van der Waals surface area contributed by atoms with E-state index in [1.54, 1.807) is 30.7 Å². The molecule has 0 bridgehead atoms. The summed E-state index contributed by atoms with van der Waals surface area (Å²) in [6, 6.07) is 21.7. The highest BCUT2D eigenvalue weighted by Gasteiger charge is 2.21. The summed E-state index contributed by atoms with van der Waals surface area (Å²) in [6.45, 7) is 1.94. The third kappa shape index (κ3) is 5.70. The molecule has 0 saturated heterocycles. The molecule has 2 amide bonds. The van der Waals surface area contributed by atoms with E-state index in [0.29, 0.717) is 23.2 Å². The molecule has 0 unspecified atom stereocenters. The molecule has 0 aliphatic carbocycles. The molecule has 0 atom stereocenters. The number of carbonyl (C=O) groups excluding carboxylic acids is 2. The number of para-hydroxylation sites is 1. The second kappa shape index (κ2) is 11.3. The zero-order chi connectivity index (χ0) is 25.7. The van der Waals surface area contributed by atoms with E-state index in [1.165, 1.54) is 11.0 Å². The summed E-state index contributed by atoms with van der Waals surface area (Å²) >= 11 is 12.2. The van der Waals surface area contributed by atoms with Gasteiger partial charge in [-0.15, -0.1) is 0 Å². The number of imidazole rings is 1. The van der Waals surface area contributed by atoms with Gasteiger partial charge in [0.25, 0.3) is 5.91 Å². The second-order valence-corrected chi connectivity index (χ2v) is 8.72. The smallest absolute Gasteiger partial charge is 0.255 e. The largest absolute Gasteiger partial charge is 0.497 e. The Bertz CT molecular complexity index is 1370. The van der Waals surface area contributed by atoms with E-state index in [0.717, 1.165) is 17.0 Å². The van der Waals surface area contributed by atoms with E-state index in [1.807, 2.05) is 60.8 Å². The molecule has 0 fully saturated rings. The summed E-state index contributed by atoms with van der Waals surface area (Å²) < 4.78 is 7.04. The number of nitrogens with one attached hydrogen (secondary N) is 1. The Kier molecular flexibility index (Phi) is 7.93. The highest BCUT2D eigenvalue weighted by molar-refractivity contribution is 6.36. The number of carbonyl (C=O) groups is 2. The van der Waals surface area contributed by atoms with Gasteiger partial charge in [0.05, 0.1) is 23.4 Å². The number of amides is 2. The minimum atomic E-state index is -0.389. The van der Waals surface area contributed by atoms with E-state index in [9.17, 15) is 9.59 Å². The first-order chi connectivity index (χ1) is 17.4. The van der Waals surface area contributed by atoms with Crippen LogP contribution >= 0.6 is 23.2 Å². The molecule has 7 nitrogen and oxygen atoms in total. The van der Waals surface area contributed by atoms with Gasteiger partial charge in [0.15, 0.2) is 0 Å². The first-order valence-corrected chi connectivity index (χ1v) is 12.0. The molecule has 0 aliphatic heterocycles. The topological polar surface area (TPSA) is 76.5 Å². The SMILES string of the molecule is CCN(CC(=O)Nc1nc(-c2ccc(OC)cc2)cn1-c1ccccc1)C(=O)c1ccc(Cl)cc1Cl. The zero-order valence-corrected chi connectivity index (χ0v) is 21.3. The van der Waals surface area contributed by atoms with Crippen LogP contribution in [-0.4, -0.2) is 46.5 Å². The molecule has 4 rings (SSSR count). The number of nitrogens with zero attached hydrogens (tertiary/aromatic N) is 3. The van der Waals surface area contributed by atoms with Gasteiger partial charge in [-0.05, 0) is 61.5 Å². The fourth-order valence-corrected chi connectivity index (χ4v) is 4.14. The molecule has 4 aromatic rings. The van der Waals surface area contributed by atoms with Gasteiger partial charge in [-0.3, -0.25) is 19.5 Å². The van der Waals surface area contributed by atoms with Gasteiger partial charge in [0.2, 0.25) is 11.9 Å². The van der Waals surface area contributed by atoms with Crippen LogP contribution in [0.2, 0.25) is 10.0 Å². The van der Waals surface area contributed by atoms with Crippen molar-refractivity contribution in [1.29, 1.82) is 0 Å². The van der Waals surface area contributed by atoms with Gasteiger partial charge in [-0.1, -0.05) is 41.4 Å². The monoisotopic (exact) mass is 522 g/mol. The van der Waals surface area contributed by atoms with Gasteiger partial charge >= 0.3 is 0 Å². The van der Waals surface area contributed by atoms with Crippen molar-refractivity contribution in [2.45, 2.75) is 6.92 Å². The average Bonchev–Trinajstić information content (AvgIpc) is 3.31.